The van der Waals surface area contributed by atoms with E-state index in [1.165, 1.54) is 0 Å². The lowest BCUT2D eigenvalue weighted by Gasteiger charge is -2.27. The Morgan fingerprint density at radius 2 is 2.13 bits per heavy atom. The second-order valence-corrected chi connectivity index (χ2v) is 6.53. The maximum absolute atomic E-state index is 11.8. The van der Waals surface area contributed by atoms with Gasteiger partial charge in [-0.1, -0.05) is 0 Å². The third kappa shape index (κ3) is 4.31. The van der Waals surface area contributed by atoms with Crippen molar-refractivity contribution in [1.29, 1.82) is 0 Å². The van der Waals surface area contributed by atoms with E-state index < -0.39 is 0 Å². The van der Waals surface area contributed by atoms with E-state index >= 15 is 0 Å². The Hall–Kier alpha value is -1.44. The Bertz CT molecular complexity index is 537. The van der Waals surface area contributed by atoms with Crippen LogP contribution in [0.1, 0.15) is 37.1 Å². The van der Waals surface area contributed by atoms with Crippen LogP contribution in [0.3, 0.4) is 0 Å². The van der Waals surface area contributed by atoms with Crippen LogP contribution in [-0.2, 0) is 24.3 Å². The SMILES string of the molecule is O=C(CCc1cc2n(n1)CCCN(C(CO)CO)C2)NC1CC1. The number of amides is 1. The zero-order chi connectivity index (χ0) is 16.2. The molecule has 2 aliphatic rings. The van der Waals surface area contributed by atoms with Gasteiger partial charge in [-0.15, -0.1) is 0 Å². The van der Waals surface area contributed by atoms with Crippen molar-refractivity contribution in [3.8, 4) is 0 Å². The second-order valence-electron chi connectivity index (χ2n) is 6.53. The Labute approximate surface area is 136 Å². The van der Waals surface area contributed by atoms with Gasteiger partial charge in [0.15, 0.2) is 0 Å². The van der Waals surface area contributed by atoms with E-state index in [1.54, 1.807) is 0 Å². The van der Waals surface area contributed by atoms with Gasteiger partial charge in [-0.3, -0.25) is 14.4 Å². The van der Waals surface area contributed by atoms with Gasteiger partial charge >= 0.3 is 0 Å². The van der Waals surface area contributed by atoms with Crippen molar-refractivity contribution in [2.24, 2.45) is 0 Å². The zero-order valence-electron chi connectivity index (χ0n) is 13.4. The van der Waals surface area contributed by atoms with Gasteiger partial charge in [0.1, 0.15) is 0 Å². The van der Waals surface area contributed by atoms with E-state index in [9.17, 15) is 15.0 Å². The number of aliphatic hydroxyl groups excluding tert-OH is 2. The second kappa shape index (κ2) is 7.42. The first-order valence-electron chi connectivity index (χ1n) is 8.50. The van der Waals surface area contributed by atoms with E-state index in [2.05, 4.69) is 21.4 Å². The molecule has 1 saturated carbocycles. The highest BCUT2D eigenvalue weighted by molar-refractivity contribution is 5.76. The van der Waals surface area contributed by atoms with Crippen molar-refractivity contribution in [2.75, 3.05) is 19.8 Å². The molecule has 2 heterocycles. The highest BCUT2D eigenvalue weighted by atomic mass is 16.3. The van der Waals surface area contributed by atoms with Crippen molar-refractivity contribution in [3.63, 3.8) is 0 Å². The third-order valence-electron chi connectivity index (χ3n) is 4.58. The molecule has 1 fully saturated rings. The summed E-state index contributed by atoms with van der Waals surface area (Å²) in [5.41, 5.74) is 2.03. The molecule has 0 unspecified atom stereocenters. The van der Waals surface area contributed by atoms with Gasteiger partial charge in [0.2, 0.25) is 5.91 Å². The number of nitrogens with zero attached hydrogens (tertiary/aromatic N) is 3. The summed E-state index contributed by atoms with van der Waals surface area (Å²) in [6.45, 7) is 2.27. The van der Waals surface area contributed by atoms with Crippen LogP contribution in [0.5, 0.6) is 0 Å². The van der Waals surface area contributed by atoms with Crippen LogP contribution < -0.4 is 5.32 Å². The molecule has 0 atom stereocenters. The smallest absolute Gasteiger partial charge is 0.220 e. The number of hydrogen-bond acceptors (Lipinski definition) is 5. The van der Waals surface area contributed by atoms with Crippen LogP contribution in [-0.4, -0.2) is 62.6 Å². The molecule has 1 aliphatic heterocycles. The molecule has 0 bridgehead atoms. The first-order chi connectivity index (χ1) is 11.2. The molecule has 1 amide bonds. The molecule has 7 heteroatoms. The number of fused-ring (bicyclic) bond motifs is 1. The fourth-order valence-electron chi connectivity index (χ4n) is 3.04. The third-order valence-corrected chi connectivity index (χ3v) is 4.58. The van der Waals surface area contributed by atoms with Crippen molar-refractivity contribution in [2.45, 2.75) is 57.3 Å². The number of aryl methyl sites for hydroxylation is 2. The zero-order valence-corrected chi connectivity index (χ0v) is 13.4. The van der Waals surface area contributed by atoms with Gasteiger partial charge in [0, 0.05) is 38.5 Å². The summed E-state index contributed by atoms with van der Waals surface area (Å²) in [6, 6.07) is 2.24. The van der Waals surface area contributed by atoms with E-state index in [0.717, 1.165) is 43.7 Å². The van der Waals surface area contributed by atoms with Crippen LogP contribution in [0.2, 0.25) is 0 Å². The Balaban J connectivity index is 1.58. The Morgan fingerprint density at radius 3 is 2.83 bits per heavy atom. The van der Waals surface area contributed by atoms with Crippen LogP contribution in [0.15, 0.2) is 6.07 Å². The lowest BCUT2D eigenvalue weighted by molar-refractivity contribution is -0.121. The minimum atomic E-state index is -0.218. The normalized spacial score (nSPS) is 18.7. The van der Waals surface area contributed by atoms with Gasteiger partial charge in [0.25, 0.3) is 0 Å². The average Bonchev–Trinajstić information content (AvgIpc) is 3.30. The molecule has 0 aromatic carbocycles. The largest absolute Gasteiger partial charge is 0.395 e. The molecule has 1 aromatic rings. The minimum Gasteiger partial charge on any atom is -0.395 e. The predicted octanol–water partition coefficient (Wildman–Crippen LogP) is -0.347. The summed E-state index contributed by atoms with van der Waals surface area (Å²) in [6.07, 6.45) is 4.29. The molecule has 3 N–H and O–H groups in total. The van der Waals surface area contributed by atoms with Crippen molar-refractivity contribution in [3.05, 3.63) is 17.5 Å². The molecule has 128 valence electrons. The first kappa shape index (κ1) is 16.4. The van der Waals surface area contributed by atoms with Gasteiger partial charge in [-0.25, -0.2) is 0 Å². The van der Waals surface area contributed by atoms with Crippen LogP contribution in [0.25, 0.3) is 0 Å². The number of aliphatic hydroxyl groups is 2. The molecular formula is C16H26N4O3. The summed E-state index contributed by atoms with van der Waals surface area (Å²) < 4.78 is 2.00. The molecule has 0 saturated heterocycles. The fraction of sp³-hybridized carbons (Fsp3) is 0.750. The first-order valence-corrected chi connectivity index (χ1v) is 8.50. The number of rotatable bonds is 7. The highest BCUT2D eigenvalue weighted by Crippen LogP contribution is 2.19. The van der Waals surface area contributed by atoms with E-state index in [1.807, 2.05) is 4.68 Å². The minimum absolute atomic E-state index is 0.0428. The maximum Gasteiger partial charge on any atom is 0.220 e. The Morgan fingerprint density at radius 1 is 1.35 bits per heavy atom. The molecule has 0 radical (unpaired) electrons. The molecule has 0 spiro atoms. The van der Waals surface area contributed by atoms with Gasteiger partial charge < -0.3 is 15.5 Å². The number of aromatic nitrogens is 2. The van der Waals surface area contributed by atoms with Gasteiger partial charge in [-0.05, 0) is 25.3 Å². The number of nitrogens with one attached hydrogen (secondary N) is 1. The molecule has 7 nitrogen and oxygen atoms in total. The predicted molar refractivity (Wildman–Crippen MR) is 84.7 cm³/mol. The monoisotopic (exact) mass is 322 g/mol. The topological polar surface area (TPSA) is 90.6 Å². The van der Waals surface area contributed by atoms with Crippen molar-refractivity contribution in [1.82, 2.24) is 20.0 Å². The van der Waals surface area contributed by atoms with Crippen LogP contribution >= 0.6 is 0 Å². The molecule has 1 aromatic heterocycles. The number of carbonyl (C=O) groups excluding carboxylic acids is 1. The molecule has 1 aliphatic carbocycles. The average molecular weight is 322 g/mol. The summed E-state index contributed by atoms with van der Waals surface area (Å²) in [5.74, 6) is 0.109. The lowest BCUT2D eigenvalue weighted by Crippen LogP contribution is -2.40. The number of carbonyl (C=O) groups is 1. The standard InChI is InChI=1S/C16H26N4O3/c21-10-15(11-22)19-6-1-7-20-14(9-19)8-13(18-20)4-5-16(23)17-12-2-3-12/h8,12,15,21-22H,1-7,9-11H2,(H,17,23). The molecule has 23 heavy (non-hydrogen) atoms. The summed E-state index contributed by atoms with van der Waals surface area (Å²) in [5, 5.41) is 26.4. The summed E-state index contributed by atoms with van der Waals surface area (Å²) >= 11 is 0. The fourth-order valence-corrected chi connectivity index (χ4v) is 3.04. The quantitative estimate of drug-likeness (QED) is 0.638. The van der Waals surface area contributed by atoms with Crippen LogP contribution in [0, 0.1) is 0 Å². The van der Waals surface area contributed by atoms with Gasteiger partial charge in [-0.2, -0.15) is 5.10 Å². The molecule has 3 rings (SSSR count). The lowest BCUT2D eigenvalue weighted by atomic mass is 10.2. The highest BCUT2D eigenvalue weighted by Gasteiger charge is 2.24. The summed E-state index contributed by atoms with van der Waals surface area (Å²) in [4.78, 5) is 13.9. The van der Waals surface area contributed by atoms with E-state index in [-0.39, 0.29) is 25.2 Å². The van der Waals surface area contributed by atoms with E-state index in [4.69, 9.17) is 0 Å². The molecular weight excluding hydrogens is 296 g/mol. The maximum atomic E-state index is 11.8. The van der Waals surface area contributed by atoms with Crippen molar-refractivity contribution < 1.29 is 15.0 Å². The summed E-state index contributed by atoms with van der Waals surface area (Å²) in [7, 11) is 0. The Kier molecular flexibility index (Phi) is 5.30. The van der Waals surface area contributed by atoms with Gasteiger partial charge in [0.05, 0.1) is 30.6 Å². The van der Waals surface area contributed by atoms with Crippen molar-refractivity contribution >= 4 is 5.91 Å². The van der Waals surface area contributed by atoms with E-state index in [0.29, 0.717) is 25.4 Å². The number of hydrogen-bond donors (Lipinski definition) is 3. The van der Waals surface area contributed by atoms with Crippen LogP contribution in [0.4, 0.5) is 0 Å².